The van der Waals surface area contributed by atoms with Crippen LogP contribution in [-0.2, 0) is 34.1 Å². The fourth-order valence-corrected chi connectivity index (χ4v) is 3.85. The summed E-state index contributed by atoms with van der Waals surface area (Å²) in [5.41, 5.74) is 0. The third-order valence-corrected chi connectivity index (χ3v) is 6.04. The van der Waals surface area contributed by atoms with Gasteiger partial charge >= 0.3 is 71.1 Å². The van der Waals surface area contributed by atoms with Crippen molar-refractivity contribution in [3.63, 3.8) is 0 Å². The van der Waals surface area contributed by atoms with Crippen molar-refractivity contribution in [2.45, 2.75) is 95.6 Å². The molecule has 9 nitrogen and oxygen atoms in total. The van der Waals surface area contributed by atoms with E-state index in [9.17, 15) is 27.4 Å². The number of unbranched alkanes of at least 4 members (excludes halogenated alkanes) is 9. The Hall–Kier alpha value is 0.320. The molecule has 12 heteroatoms. The molecule has 1 rings (SSSR count). The van der Waals surface area contributed by atoms with Gasteiger partial charge in [-0.15, -0.1) is 0 Å². The molecular formula is C20H37NNa2O8S. The molecule has 0 radical (unpaired) electrons. The molecule has 1 atom stereocenters. The third-order valence-electron chi connectivity index (χ3n) is 4.96. The van der Waals surface area contributed by atoms with Crippen molar-refractivity contribution < 1.29 is 98.9 Å². The van der Waals surface area contributed by atoms with E-state index in [2.05, 4.69) is 6.92 Å². The Labute approximate surface area is 239 Å². The summed E-state index contributed by atoms with van der Waals surface area (Å²) in [7, 11) is -4.85. The van der Waals surface area contributed by atoms with Gasteiger partial charge in [0.25, 0.3) is 16.0 Å². The molecule has 178 valence electrons. The zero-order valence-electron chi connectivity index (χ0n) is 21.8. The number of amides is 1. The van der Waals surface area contributed by atoms with Gasteiger partial charge in [0.15, 0.2) is 5.25 Å². The number of ether oxygens (including phenoxy) is 1. The van der Waals surface area contributed by atoms with Crippen LogP contribution in [0.25, 0.3) is 0 Å². The van der Waals surface area contributed by atoms with Crippen molar-refractivity contribution in [2.24, 2.45) is 0 Å². The number of hydrogen-bond acceptors (Lipinski definition) is 7. The van der Waals surface area contributed by atoms with Crippen LogP contribution in [0.5, 0.6) is 0 Å². The standard InChI is InChI=1S/C20H35NO8S.2Na.2H/c1-2-3-4-5-6-7-8-9-10-11-15-28-20(24)17(30(25,26)27)16-19(23)29-21-14-12-13-18(21)22;;;;/h17H,2-16H2,1H3,(H,25,26,27);;;;/q;2*+1;2*-1. The molecule has 0 saturated carbocycles. The first-order chi connectivity index (χ1) is 14.3. The molecule has 1 saturated heterocycles. The van der Waals surface area contributed by atoms with E-state index >= 15 is 0 Å². The van der Waals surface area contributed by atoms with Crippen LogP contribution < -0.4 is 59.1 Å². The second kappa shape index (κ2) is 19.6. The maximum atomic E-state index is 12.0. The second-order valence-electron chi connectivity index (χ2n) is 7.62. The van der Waals surface area contributed by atoms with Gasteiger partial charge in [0.2, 0.25) is 0 Å². The Balaban J connectivity index is -0.00000112. The number of nitrogens with zero attached hydrogens (tertiary/aromatic N) is 1. The van der Waals surface area contributed by atoms with Gasteiger partial charge in [-0.1, -0.05) is 64.7 Å². The number of rotatable bonds is 16. The predicted molar refractivity (Wildman–Crippen MR) is 112 cm³/mol. The molecule has 1 N–H and O–H groups in total. The zero-order chi connectivity index (χ0) is 22.4. The fraction of sp³-hybridized carbons (Fsp3) is 0.850. The summed E-state index contributed by atoms with van der Waals surface area (Å²) >= 11 is 0. The van der Waals surface area contributed by atoms with E-state index < -0.39 is 39.6 Å². The van der Waals surface area contributed by atoms with Crippen LogP contribution in [0.2, 0.25) is 0 Å². The van der Waals surface area contributed by atoms with Crippen molar-refractivity contribution in [1.29, 1.82) is 0 Å². The van der Waals surface area contributed by atoms with Crippen molar-refractivity contribution in [1.82, 2.24) is 5.06 Å². The van der Waals surface area contributed by atoms with E-state index in [1.165, 1.54) is 38.5 Å². The molecule has 1 fully saturated rings. The van der Waals surface area contributed by atoms with Gasteiger partial charge in [-0.05, 0) is 12.8 Å². The number of carbonyl (C=O) groups is 3. The summed E-state index contributed by atoms with van der Waals surface area (Å²) in [6, 6.07) is 0. The number of hydrogen-bond donors (Lipinski definition) is 1. The van der Waals surface area contributed by atoms with Crippen molar-refractivity contribution in [3.05, 3.63) is 0 Å². The van der Waals surface area contributed by atoms with E-state index in [1.807, 2.05) is 0 Å². The Bertz CT molecular complexity index is 671. The van der Waals surface area contributed by atoms with Gasteiger partial charge in [0.1, 0.15) is 0 Å². The van der Waals surface area contributed by atoms with Gasteiger partial charge in [0.05, 0.1) is 19.6 Å². The molecule has 0 aliphatic carbocycles. The van der Waals surface area contributed by atoms with Gasteiger partial charge in [-0.25, -0.2) is 4.79 Å². The minimum absolute atomic E-state index is 0. The molecule has 1 heterocycles. The minimum atomic E-state index is -4.85. The molecule has 0 bridgehead atoms. The Morgan fingerprint density at radius 3 is 2.03 bits per heavy atom. The first kappa shape index (κ1) is 34.5. The Morgan fingerprint density at radius 2 is 1.56 bits per heavy atom. The maximum Gasteiger partial charge on any atom is 1.00 e. The van der Waals surface area contributed by atoms with E-state index in [1.54, 1.807) is 0 Å². The Kier molecular flexibility index (Phi) is 21.1. The average Bonchev–Trinajstić information content (AvgIpc) is 3.07. The summed E-state index contributed by atoms with van der Waals surface area (Å²) in [5, 5.41) is -1.23. The molecule has 0 aromatic heterocycles. The topological polar surface area (TPSA) is 127 Å². The van der Waals surface area contributed by atoms with Gasteiger partial charge in [-0.3, -0.25) is 14.1 Å². The molecule has 0 spiro atoms. The van der Waals surface area contributed by atoms with E-state index in [0.29, 0.717) is 12.8 Å². The first-order valence-corrected chi connectivity index (χ1v) is 12.4. The van der Waals surface area contributed by atoms with Crippen LogP contribution in [0.3, 0.4) is 0 Å². The van der Waals surface area contributed by atoms with Gasteiger partial charge < -0.3 is 12.4 Å². The quantitative estimate of drug-likeness (QED) is 0.107. The fourth-order valence-electron chi connectivity index (χ4n) is 3.20. The van der Waals surface area contributed by atoms with Crippen molar-refractivity contribution in [3.8, 4) is 0 Å². The second-order valence-corrected chi connectivity index (χ2v) is 9.22. The summed E-state index contributed by atoms with van der Waals surface area (Å²) < 4.78 is 37.2. The monoisotopic (exact) mass is 497 g/mol. The molecule has 0 aromatic carbocycles. The smallest absolute Gasteiger partial charge is 1.00 e. The summed E-state index contributed by atoms with van der Waals surface area (Å²) in [6.45, 7) is 2.42. The van der Waals surface area contributed by atoms with Gasteiger partial charge in [-0.2, -0.15) is 13.5 Å². The molecule has 1 unspecified atom stereocenters. The molecule has 32 heavy (non-hydrogen) atoms. The third kappa shape index (κ3) is 15.3. The molecule has 0 aromatic rings. The van der Waals surface area contributed by atoms with E-state index in [0.717, 1.165) is 24.3 Å². The van der Waals surface area contributed by atoms with Crippen LogP contribution in [0.15, 0.2) is 0 Å². The molecule has 1 aliphatic heterocycles. The number of hydroxylamine groups is 2. The zero-order valence-corrected chi connectivity index (χ0v) is 24.7. The first-order valence-electron chi connectivity index (χ1n) is 10.9. The average molecular weight is 498 g/mol. The van der Waals surface area contributed by atoms with Crippen LogP contribution in [0, 0.1) is 0 Å². The summed E-state index contributed by atoms with van der Waals surface area (Å²) in [5.74, 6) is -2.68. The van der Waals surface area contributed by atoms with Crippen molar-refractivity contribution >= 4 is 28.0 Å². The summed E-state index contributed by atoms with van der Waals surface area (Å²) in [6.07, 6.45) is 10.8. The SMILES string of the molecule is CCCCCCCCCCCCOC(=O)C(CC(=O)ON1CCCC1=O)S(=O)(=O)O.[H-].[H-].[Na+].[Na+]. The maximum absolute atomic E-state index is 12.0. The molecular weight excluding hydrogens is 460 g/mol. The number of carbonyl (C=O) groups excluding carboxylic acids is 3. The Morgan fingerprint density at radius 1 is 1.03 bits per heavy atom. The summed E-state index contributed by atoms with van der Waals surface area (Å²) in [4.78, 5) is 40.1. The molecule has 1 aliphatic rings. The van der Waals surface area contributed by atoms with E-state index in [4.69, 9.17) is 9.57 Å². The van der Waals surface area contributed by atoms with Crippen LogP contribution in [0.4, 0.5) is 0 Å². The largest absolute Gasteiger partial charge is 1.00 e. The van der Waals surface area contributed by atoms with Crippen LogP contribution in [0.1, 0.15) is 93.2 Å². The van der Waals surface area contributed by atoms with Gasteiger partial charge in [0, 0.05) is 6.42 Å². The van der Waals surface area contributed by atoms with E-state index in [-0.39, 0.29) is 81.5 Å². The molecule has 1 amide bonds. The van der Waals surface area contributed by atoms with Crippen LogP contribution in [-0.4, -0.2) is 54.3 Å². The van der Waals surface area contributed by atoms with Crippen molar-refractivity contribution in [2.75, 3.05) is 13.2 Å². The normalized spacial score (nSPS) is 14.3. The number of esters is 1. The minimum Gasteiger partial charge on any atom is -1.00 e. The predicted octanol–water partition coefficient (Wildman–Crippen LogP) is -2.59. The van der Waals surface area contributed by atoms with Crippen LogP contribution >= 0.6 is 0 Å².